The van der Waals surface area contributed by atoms with Gasteiger partial charge in [0, 0.05) is 24.5 Å². The van der Waals surface area contributed by atoms with Crippen LogP contribution in [0.25, 0.3) is 27.8 Å². The molecule has 0 radical (unpaired) electrons. The first-order valence-electron chi connectivity index (χ1n) is 11.6. The summed E-state index contributed by atoms with van der Waals surface area (Å²) in [5.41, 5.74) is 6.13. The summed E-state index contributed by atoms with van der Waals surface area (Å²) in [5, 5.41) is 5.86. The lowest BCUT2D eigenvalue weighted by molar-refractivity contribution is 0.249. The van der Waals surface area contributed by atoms with E-state index in [9.17, 15) is 4.79 Å². The number of para-hydroxylation sites is 1. The molecule has 168 valence electrons. The van der Waals surface area contributed by atoms with E-state index in [1.165, 1.54) is 12.8 Å². The third kappa shape index (κ3) is 4.76. The average Bonchev–Trinajstić information content (AvgIpc) is 3.46. The maximum absolute atomic E-state index is 12.2. The standard InChI is InChI=1S/C27H29N5O/c1-20-29-25-19-22(11-14-26(25)32(20)24-7-3-2-4-8-24)21-9-12-23(13-10-21)30-27(33)28-15-18-31-16-5-6-17-31/h2-4,7-14,19H,5-6,15-18H2,1H3,(H2,28,30,33). The van der Waals surface area contributed by atoms with Gasteiger partial charge >= 0.3 is 6.03 Å². The van der Waals surface area contributed by atoms with Gasteiger partial charge in [-0.3, -0.25) is 4.57 Å². The Morgan fingerprint density at radius 1 is 0.939 bits per heavy atom. The first kappa shape index (κ1) is 21.2. The molecule has 1 saturated heterocycles. The fourth-order valence-corrected chi connectivity index (χ4v) is 4.54. The van der Waals surface area contributed by atoms with Crippen molar-refractivity contribution >= 4 is 22.8 Å². The summed E-state index contributed by atoms with van der Waals surface area (Å²) in [6.07, 6.45) is 2.53. The summed E-state index contributed by atoms with van der Waals surface area (Å²) in [4.78, 5) is 19.4. The molecule has 0 unspecified atom stereocenters. The van der Waals surface area contributed by atoms with Gasteiger partial charge in [-0.2, -0.15) is 0 Å². The van der Waals surface area contributed by atoms with Crippen LogP contribution in [0.5, 0.6) is 0 Å². The van der Waals surface area contributed by atoms with Crippen molar-refractivity contribution in [2.24, 2.45) is 0 Å². The molecule has 2 N–H and O–H groups in total. The first-order chi connectivity index (χ1) is 16.2. The van der Waals surface area contributed by atoms with E-state index in [-0.39, 0.29) is 6.03 Å². The number of aromatic nitrogens is 2. The van der Waals surface area contributed by atoms with Crippen molar-refractivity contribution in [2.45, 2.75) is 19.8 Å². The molecule has 0 saturated carbocycles. The molecule has 0 atom stereocenters. The number of anilines is 1. The number of imidazole rings is 1. The number of carbonyl (C=O) groups excluding carboxylic acids is 1. The summed E-state index contributed by atoms with van der Waals surface area (Å²) >= 11 is 0. The molecule has 2 amide bonds. The molecule has 6 nitrogen and oxygen atoms in total. The highest BCUT2D eigenvalue weighted by Gasteiger charge is 2.12. The number of hydrogen-bond acceptors (Lipinski definition) is 3. The van der Waals surface area contributed by atoms with E-state index in [0.29, 0.717) is 6.54 Å². The highest BCUT2D eigenvalue weighted by Crippen LogP contribution is 2.28. The zero-order chi connectivity index (χ0) is 22.6. The van der Waals surface area contributed by atoms with E-state index in [2.05, 4.69) is 50.4 Å². The van der Waals surface area contributed by atoms with Crippen LogP contribution in [-0.4, -0.2) is 46.7 Å². The Morgan fingerprint density at radius 3 is 2.42 bits per heavy atom. The van der Waals surface area contributed by atoms with Crippen molar-refractivity contribution < 1.29 is 4.79 Å². The third-order valence-corrected chi connectivity index (χ3v) is 6.22. The smallest absolute Gasteiger partial charge is 0.319 e. The molecule has 2 heterocycles. The second-order valence-electron chi connectivity index (χ2n) is 8.54. The summed E-state index contributed by atoms with van der Waals surface area (Å²) in [6, 6.07) is 24.4. The van der Waals surface area contributed by atoms with E-state index >= 15 is 0 Å². The molecule has 0 aliphatic carbocycles. The molecular weight excluding hydrogens is 410 g/mol. The van der Waals surface area contributed by atoms with Crippen molar-refractivity contribution in [1.82, 2.24) is 19.8 Å². The number of nitrogens with zero attached hydrogens (tertiary/aromatic N) is 3. The Bertz CT molecular complexity index is 1240. The van der Waals surface area contributed by atoms with E-state index in [1.54, 1.807) is 0 Å². The van der Waals surface area contributed by atoms with Crippen molar-refractivity contribution in [3.8, 4) is 16.8 Å². The normalized spacial score (nSPS) is 14.0. The monoisotopic (exact) mass is 439 g/mol. The first-order valence-corrected chi connectivity index (χ1v) is 11.6. The Hall–Kier alpha value is -3.64. The predicted octanol–water partition coefficient (Wildman–Crippen LogP) is 5.22. The number of fused-ring (bicyclic) bond motifs is 1. The number of hydrogen-bond donors (Lipinski definition) is 2. The van der Waals surface area contributed by atoms with Gasteiger partial charge in [0.15, 0.2) is 0 Å². The Labute approximate surface area is 194 Å². The van der Waals surface area contributed by atoms with Gasteiger partial charge < -0.3 is 15.5 Å². The molecule has 1 aromatic heterocycles. The molecular formula is C27H29N5O. The fourth-order valence-electron chi connectivity index (χ4n) is 4.54. The summed E-state index contributed by atoms with van der Waals surface area (Å²) in [6.45, 7) is 5.89. The van der Waals surface area contributed by atoms with Crippen LogP contribution in [0.4, 0.5) is 10.5 Å². The predicted molar refractivity (Wildman–Crippen MR) is 134 cm³/mol. The lowest BCUT2D eigenvalue weighted by Crippen LogP contribution is -2.35. The Balaban J connectivity index is 1.26. The molecule has 1 aliphatic rings. The second-order valence-corrected chi connectivity index (χ2v) is 8.54. The van der Waals surface area contributed by atoms with Crippen LogP contribution < -0.4 is 10.6 Å². The van der Waals surface area contributed by atoms with Gasteiger partial charge in [-0.25, -0.2) is 9.78 Å². The minimum Gasteiger partial charge on any atom is -0.337 e. The molecule has 1 fully saturated rings. The van der Waals surface area contributed by atoms with Crippen LogP contribution in [0.15, 0.2) is 72.8 Å². The number of urea groups is 1. The van der Waals surface area contributed by atoms with Crippen LogP contribution in [0.3, 0.4) is 0 Å². The Kier molecular flexibility index (Phi) is 6.09. The number of amides is 2. The molecule has 33 heavy (non-hydrogen) atoms. The van der Waals surface area contributed by atoms with Crippen molar-refractivity contribution in [1.29, 1.82) is 0 Å². The Morgan fingerprint density at radius 2 is 1.67 bits per heavy atom. The van der Waals surface area contributed by atoms with E-state index in [0.717, 1.165) is 59.0 Å². The van der Waals surface area contributed by atoms with Gasteiger partial charge in [0.2, 0.25) is 0 Å². The second kappa shape index (κ2) is 9.46. The van der Waals surface area contributed by atoms with E-state index < -0.39 is 0 Å². The fraction of sp³-hybridized carbons (Fsp3) is 0.259. The molecule has 1 aliphatic heterocycles. The minimum absolute atomic E-state index is 0.162. The maximum Gasteiger partial charge on any atom is 0.319 e. The molecule has 0 bridgehead atoms. The van der Waals surface area contributed by atoms with E-state index in [1.807, 2.05) is 49.4 Å². The zero-order valence-corrected chi connectivity index (χ0v) is 18.9. The lowest BCUT2D eigenvalue weighted by atomic mass is 10.0. The largest absolute Gasteiger partial charge is 0.337 e. The van der Waals surface area contributed by atoms with E-state index in [4.69, 9.17) is 4.98 Å². The third-order valence-electron chi connectivity index (χ3n) is 6.22. The van der Waals surface area contributed by atoms with Crippen LogP contribution in [-0.2, 0) is 0 Å². The van der Waals surface area contributed by atoms with Gasteiger partial charge in [-0.05, 0) is 80.4 Å². The summed E-state index contributed by atoms with van der Waals surface area (Å²) in [5.74, 6) is 0.962. The molecule has 5 rings (SSSR count). The number of benzene rings is 3. The van der Waals surface area contributed by atoms with Crippen molar-refractivity contribution in [3.63, 3.8) is 0 Å². The summed E-state index contributed by atoms with van der Waals surface area (Å²) in [7, 11) is 0. The van der Waals surface area contributed by atoms with Gasteiger partial charge in [0.1, 0.15) is 5.82 Å². The highest BCUT2D eigenvalue weighted by atomic mass is 16.2. The minimum atomic E-state index is -0.162. The molecule has 4 aromatic rings. The quantitative estimate of drug-likeness (QED) is 0.433. The SMILES string of the molecule is Cc1nc2cc(-c3ccc(NC(=O)NCCN4CCCC4)cc3)ccc2n1-c1ccccc1. The van der Waals surface area contributed by atoms with Crippen molar-refractivity contribution in [3.05, 3.63) is 78.6 Å². The molecule has 6 heteroatoms. The maximum atomic E-state index is 12.2. The van der Waals surface area contributed by atoms with Crippen LogP contribution in [0.1, 0.15) is 18.7 Å². The van der Waals surface area contributed by atoms with Crippen molar-refractivity contribution in [2.75, 3.05) is 31.5 Å². The topological polar surface area (TPSA) is 62.2 Å². The number of nitrogens with one attached hydrogen (secondary N) is 2. The number of carbonyl (C=O) groups is 1. The van der Waals surface area contributed by atoms with Gasteiger partial charge in [0.25, 0.3) is 0 Å². The molecule has 3 aromatic carbocycles. The number of aryl methyl sites for hydroxylation is 1. The van der Waals surface area contributed by atoms with Gasteiger partial charge in [-0.15, -0.1) is 0 Å². The lowest BCUT2D eigenvalue weighted by Gasteiger charge is -2.15. The zero-order valence-electron chi connectivity index (χ0n) is 18.9. The summed E-state index contributed by atoms with van der Waals surface area (Å²) < 4.78 is 2.18. The average molecular weight is 440 g/mol. The van der Waals surface area contributed by atoms with Crippen LogP contribution in [0, 0.1) is 6.92 Å². The number of likely N-dealkylation sites (tertiary alicyclic amines) is 1. The number of rotatable bonds is 6. The van der Waals surface area contributed by atoms with Crippen LogP contribution >= 0.6 is 0 Å². The van der Waals surface area contributed by atoms with Crippen LogP contribution in [0.2, 0.25) is 0 Å². The van der Waals surface area contributed by atoms with Gasteiger partial charge in [-0.1, -0.05) is 36.4 Å². The van der Waals surface area contributed by atoms with Gasteiger partial charge in [0.05, 0.1) is 11.0 Å². The molecule has 0 spiro atoms. The highest BCUT2D eigenvalue weighted by molar-refractivity contribution is 5.90.